The van der Waals surface area contributed by atoms with E-state index >= 15 is 0 Å². The number of nitrogens with zero attached hydrogens (tertiary/aromatic N) is 3. The summed E-state index contributed by atoms with van der Waals surface area (Å²) in [5.74, 6) is -0.0721. The Hall–Kier alpha value is -1.79. The van der Waals surface area contributed by atoms with E-state index in [1.807, 2.05) is 22.4 Å². The molecule has 3 heterocycles. The van der Waals surface area contributed by atoms with Gasteiger partial charge in [0.1, 0.15) is 11.5 Å². The van der Waals surface area contributed by atoms with Gasteiger partial charge in [0.25, 0.3) is 5.91 Å². The van der Waals surface area contributed by atoms with Crippen LogP contribution in [-0.2, 0) is 6.54 Å². The average Bonchev–Trinajstić information content (AvgIpc) is 3.10. The molecule has 2 saturated heterocycles. The molecule has 0 N–H and O–H groups in total. The number of rotatable bonds is 3. The number of amides is 1. The highest BCUT2D eigenvalue weighted by Crippen LogP contribution is 2.41. The Bertz CT molecular complexity index is 718. The van der Waals surface area contributed by atoms with Crippen molar-refractivity contribution < 1.29 is 9.18 Å². The van der Waals surface area contributed by atoms with Crippen molar-refractivity contribution in [1.29, 1.82) is 0 Å². The predicted molar refractivity (Wildman–Crippen MR) is 91.4 cm³/mol. The molecular weight excluding hydrogens is 325 g/mol. The van der Waals surface area contributed by atoms with Gasteiger partial charge >= 0.3 is 0 Å². The van der Waals surface area contributed by atoms with Crippen LogP contribution in [0.15, 0.2) is 35.2 Å². The number of aromatic nitrogens is 1. The van der Waals surface area contributed by atoms with Crippen LogP contribution in [0.2, 0.25) is 0 Å². The summed E-state index contributed by atoms with van der Waals surface area (Å²) in [7, 11) is 0. The quantitative estimate of drug-likeness (QED) is 0.858. The maximum Gasteiger partial charge on any atom is 0.273 e. The number of likely N-dealkylation sites (tertiary alicyclic amines) is 2. The number of carbonyl (C=O) groups excluding carboxylic acids is 1. The molecule has 4 nitrogen and oxygen atoms in total. The van der Waals surface area contributed by atoms with Crippen LogP contribution in [0.1, 0.15) is 28.9 Å². The number of hydrogen-bond donors (Lipinski definition) is 0. The lowest BCUT2D eigenvalue weighted by Crippen LogP contribution is -2.61. The lowest BCUT2D eigenvalue weighted by atomic mass is 9.72. The van der Waals surface area contributed by atoms with Crippen molar-refractivity contribution in [2.24, 2.45) is 5.41 Å². The third-order valence-corrected chi connectivity index (χ3v) is 5.85. The molecule has 1 aromatic heterocycles. The van der Waals surface area contributed by atoms with E-state index in [9.17, 15) is 9.18 Å². The predicted octanol–water partition coefficient (Wildman–Crippen LogP) is 3.02. The molecule has 2 aliphatic rings. The van der Waals surface area contributed by atoms with Crippen molar-refractivity contribution in [3.8, 4) is 0 Å². The van der Waals surface area contributed by atoms with E-state index in [2.05, 4.69) is 9.88 Å². The molecule has 126 valence electrons. The zero-order valence-electron chi connectivity index (χ0n) is 13.4. The normalized spacial score (nSPS) is 20.1. The third kappa shape index (κ3) is 2.96. The minimum absolute atomic E-state index is 0.0515. The van der Waals surface area contributed by atoms with Crippen LogP contribution >= 0.6 is 11.3 Å². The van der Waals surface area contributed by atoms with E-state index in [0.29, 0.717) is 12.2 Å². The second-order valence-electron chi connectivity index (χ2n) is 6.90. The standard InChI is InChI=1S/C18H20FN3OS/c19-15-4-2-1-3-14(15)9-21-7-5-18(6-8-21)11-22(12-18)17(23)16-10-24-13-20-16/h1-4,10,13H,5-9,11-12H2. The molecule has 1 spiro atoms. The zero-order chi connectivity index (χ0) is 16.6. The van der Waals surface area contributed by atoms with Crippen LogP contribution in [-0.4, -0.2) is 46.9 Å². The van der Waals surface area contributed by atoms with Gasteiger partial charge in [-0.05, 0) is 32.0 Å². The molecule has 4 rings (SSSR count). The number of carbonyl (C=O) groups is 1. The first-order valence-electron chi connectivity index (χ1n) is 8.28. The fourth-order valence-electron chi connectivity index (χ4n) is 3.76. The smallest absolute Gasteiger partial charge is 0.273 e. The Kier molecular flexibility index (Phi) is 4.10. The average molecular weight is 345 g/mol. The second-order valence-corrected chi connectivity index (χ2v) is 7.62. The highest BCUT2D eigenvalue weighted by molar-refractivity contribution is 7.07. The first kappa shape index (κ1) is 15.7. The van der Waals surface area contributed by atoms with Gasteiger partial charge in [-0.3, -0.25) is 9.69 Å². The molecule has 1 aromatic carbocycles. The summed E-state index contributed by atoms with van der Waals surface area (Å²) in [6, 6.07) is 7.00. The SMILES string of the molecule is O=C(c1cscn1)N1CC2(CCN(Cc3ccccc3F)CC2)C1. The number of thiazole rings is 1. The molecule has 2 aromatic rings. The summed E-state index contributed by atoms with van der Waals surface area (Å²) in [6.45, 7) is 4.26. The van der Waals surface area contributed by atoms with Crippen molar-refractivity contribution in [1.82, 2.24) is 14.8 Å². The Labute approximate surface area is 144 Å². The number of hydrogen-bond acceptors (Lipinski definition) is 4. The molecule has 0 aliphatic carbocycles. The van der Waals surface area contributed by atoms with E-state index < -0.39 is 0 Å². The van der Waals surface area contributed by atoms with E-state index in [1.54, 1.807) is 11.6 Å². The maximum atomic E-state index is 13.8. The van der Waals surface area contributed by atoms with Gasteiger partial charge in [-0.25, -0.2) is 9.37 Å². The molecule has 2 aliphatic heterocycles. The third-order valence-electron chi connectivity index (χ3n) is 5.26. The monoisotopic (exact) mass is 345 g/mol. The number of halogens is 1. The number of benzene rings is 1. The molecule has 0 saturated carbocycles. The Morgan fingerprint density at radius 1 is 1.25 bits per heavy atom. The van der Waals surface area contributed by atoms with Gasteiger partial charge in [-0.2, -0.15) is 0 Å². The first-order valence-corrected chi connectivity index (χ1v) is 9.23. The van der Waals surface area contributed by atoms with E-state index in [1.165, 1.54) is 17.4 Å². The second kappa shape index (κ2) is 6.26. The summed E-state index contributed by atoms with van der Waals surface area (Å²) in [4.78, 5) is 20.6. The van der Waals surface area contributed by atoms with Gasteiger partial charge < -0.3 is 4.90 Å². The van der Waals surface area contributed by atoms with Crippen molar-refractivity contribution in [2.45, 2.75) is 19.4 Å². The Balaban J connectivity index is 1.30. The van der Waals surface area contributed by atoms with E-state index in [0.717, 1.165) is 44.6 Å². The molecule has 0 atom stereocenters. The Morgan fingerprint density at radius 3 is 2.67 bits per heavy atom. The summed E-state index contributed by atoms with van der Waals surface area (Å²) < 4.78 is 13.8. The van der Waals surface area contributed by atoms with Crippen molar-refractivity contribution >= 4 is 17.2 Å². The lowest BCUT2D eigenvalue weighted by molar-refractivity contribution is -0.0340. The van der Waals surface area contributed by atoms with Gasteiger partial charge in [0, 0.05) is 36.0 Å². The number of piperidine rings is 1. The molecule has 0 unspecified atom stereocenters. The molecule has 2 fully saturated rings. The summed E-state index contributed by atoms with van der Waals surface area (Å²) in [5.41, 5.74) is 3.29. The van der Waals surface area contributed by atoms with Crippen molar-refractivity contribution in [3.05, 3.63) is 52.2 Å². The van der Waals surface area contributed by atoms with Crippen LogP contribution in [0.5, 0.6) is 0 Å². The van der Waals surface area contributed by atoms with E-state index in [-0.39, 0.29) is 17.1 Å². The molecule has 0 radical (unpaired) electrons. The van der Waals surface area contributed by atoms with E-state index in [4.69, 9.17) is 0 Å². The van der Waals surface area contributed by atoms with Gasteiger partial charge in [0.15, 0.2) is 0 Å². The fourth-order valence-corrected chi connectivity index (χ4v) is 4.28. The van der Waals surface area contributed by atoms with Crippen LogP contribution in [0.3, 0.4) is 0 Å². The summed E-state index contributed by atoms with van der Waals surface area (Å²) >= 11 is 1.45. The van der Waals surface area contributed by atoms with Crippen LogP contribution in [0, 0.1) is 11.2 Å². The van der Waals surface area contributed by atoms with Gasteiger partial charge in [0.05, 0.1) is 5.51 Å². The van der Waals surface area contributed by atoms with Gasteiger partial charge in [-0.1, -0.05) is 18.2 Å². The molecule has 1 amide bonds. The topological polar surface area (TPSA) is 36.4 Å². The van der Waals surface area contributed by atoms with Crippen molar-refractivity contribution in [2.75, 3.05) is 26.2 Å². The summed E-state index contributed by atoms with van der Waals surface area (Å²) in [5, 5.41) is 1.81. The van der Waals surface area contributed by atoms with Gasteiger partial charge in [-0.15, -0.1) is 11.3 Å². The molecule has 6 heteroatoms. The highest BCUT2D eigenvalue weighted by atomic mass is 32.1. The van der Waals surface area contributed by atoms with Crippen LogP contribution in [0.25, 0.3) is 0 Å². The molecule has 24 heavy (non-hydrogen) atoms. The van der Waals surface area contributed by atoms with Crippen molar-refractivity contribution in [3.63, 3.8) is 0 Å². The van der Waals surface area contributed by atoms with Crippen LogP contribution in [0.4, 0.5) is 4.39 Å². The largest absolute Gasteiger partial charge is 0.336 e. The zero-order valence-corrected chi connectivity index (χ0v) is 14.3. The fraction of sp³-hybridized carbons (Fsp3) is 0.444. The highest BCUT2D eigenvalue weighted by Gasteiger charge is 2.46. The first-order chi connectivity index (χ1) is 11.7. The minimum Gasteiger partial charge on any atom is -0.336 e. The van der Waals surface area contributed by atoms with Gasteiger partial charge in [0.2, 0.25) is 0 Å². The van der Waals surface area contributed by atoms with Crippen LogP contribution < -0.4 is 0 Å². The lowest BCUT2D eigenvalue weighted by Gasteiger charge is -2.53. The molecule has 0 bridgehead atoms. The maximum absolute atomic E-state index is 13.8. The molecular formula is C18H20FN3OS. The summed E-state index contributed by atoms with van der Waals surface area (Å²) in [6.07, 6.45) is 2.14. The Morgan fingerprint density at radius 2 is 2.00 bits per heavy atom. The minimum atomic E-state index is -0.124.